The van der Waals surface area contributed by atoms with Crippen LogP contribution in [0.1, 0.15) is 30.0 Å². The highest BCUT2D eigenvalue weighted by Crippen LogP contribution is 2.32. The molecule has 1 fully saturated rings. The van der Waals surface area contributed by atoms with E-state index in [4.69, 9.17) is 4.74 Å². The number of ether oxygens (including phenoxy) is 1. The highest BCUT2D eigenvalue weighted by molar-refractivity contribution is 5.91. The van der Waals surface area contributed by atoms with Crippen LogP contribution in [0.4, 0.5) is 5.82 Å². The Morgan fingerprint density at radius 3 is 2.55 bits per heavy atom. The SMILES string of the molecule is COc1cc2c(N3CCC(n4cnc5ccc(C)cc5c4=O)CC3)ncnc2cc1C. The van der Waals surface area contributed by atoms with Gasteiger partial charge in [-0.3, -0.25) is 9.36 Å². The monoisotopic (exact) mass is 415 g/mol. The Balaban J connectivity index is 1.43. The normalized spacial score (nSPS) is 15.0. The van der Waals surface area contributed by atoms with Gasteiger partial charge < -0.3 is 9.64 Å². The average Bonchev–Trinajstić information content (AvgIpc) is 2.79. The number of methoxy groups -OCH3 is 1. The van der Waals surface area contributed by atoms with Gasteiger partial charge in [0.2, 0.25) is 0 Å². The van der Waals surface area contributed by atoms with E-state index in [1.165, 1.54) is 0 Å². The Morgan fingerprint density at radius 2 is 1.77 bits per heavy atom. The van der Waals surface area contributed by atoms with E-state index in [9.17, 15) is 4.79 Å². The third-order valence-electron chi connectivity index (χ3n) is 6.23. The Labute approximate surface area is 180 Å². The summed E-state index contributed by atoms with van der Waals surface area (Å²) in [5.41, 5.74) is 3.83. The molecule has 5 rings (SSSR count). The summed E-state index contributed by atoms with van der Waals surface area (Å²) in [5, 5.41) is 1.68. The largest absolute Gasteiger partial charge is 0.496 e. The molecule has 0 saturated carbocycles. The molecule has 0 amide bonds. The standard InChI is InChI=1S/C24H25N5O2/c1-15-4-5-20-19(10-15)24(30)29(14-27-20)17-6-8-28(9-7-17)23-18-12-22(31-3)16(2)11-21(18)25-13-26-23/h4-5,10-14,17H,6-9H2,1-3H3. The van der Waals surface area contributed by atoms with Gasteiger partial charge in [0.05, 0.1) is 29.9 Å². The third-order valence-corrected chi connectivity index (χ3v) is 6.23. The van der Waals surface area contributed by atoms with Crippen molar-refractivity contribution in [3.05, 3.63) is 64.5 Å². The van der Waals surface area contributed by atoms with E-state index in [-0.39, 0.29) is 11.6 Å². The maximum atomic E-state index is 13.1. The van der Waals surface area contributed by atoms with Crippen LogP contribution in [0.2, 0.25) is 0 Å². The summed E-state index contributed by atoms with van der Waals surface area (Å²) in [7, 11) is 1.68. The highest BCUT2D eigenvalue weighted by Gasteiger charge is 2.24. The minimum Gasteiger partial charge on any atom is -0.496 e. The van der Waals surface area contributed by atoms with Gasteiger partial charge >= 0.3 is 0 Å². The fraction of sp³-hybridized carbons (Fsp3) is 0.333. The fourth-order valence-electron chi connectivity index (χ4n) is 4.51. The number of nitrogens with zero attached hydrogens (tertiary/aromatic N) is 5. The van der Waals surface area contributed by atoms with Crippen molar-refractivity contribution in [2.24, 2.45) is 0 Å². The van der Waals surface area contributed by atoms with Crippen LogP contribution in [0.3, 0.4) is 0 Å². The third kappa shape index (κ3) is 3.40. The maximum absolute atomic E-state index is 13.1. The van der Waals surface area contributed by atoms with Crippen molar-refractivity contribution >= 4 is 27.6 Å². The molecule has 0 aliphatic carbocycles. The van der Waals surface area contributed by atoms with Crippen molar-refractivity contribution < 1.29 is 4.74 Å². The Kier molecular flexibility index (Phi) is 4.81. The molecule has 2 aromatic carbocycles. The van der Waals surface area contributed by atoms with Crippen molar-refractivity contribution in [1.82, 2.24) is 19.5 Å². The summed E-state index contributed by atoms with van der Waals surface area (Å²) in [6, 6.07) is 10.0. The second-order valence-corrected chi connectivity index (χ2v) is 8.23. The summed E-state index contributed by atoms with van der Waals surface area (Å²) < 4.78 is 7.32. The van der Waals surface area contributed by atoms with Crippen LogP contribution in [0, 0.1) is 13.8 Å². The van der Waals surface area contributed by atoms with Crippen LogP contribution in [0.5, 0.6) is 5.75 Å². The number of anilines is 1. The zero-order valence-corrected chi connectivity index (χ0v) is 18.0. The van der Waals surface area contributed by atoms with E-state index in [0.29, 0.717) is 5.39 Å². The smallest absolute Gasteiger partial charge is 0.261 e. The number of hydrogen-bond acceptors (Lipinski definition) is 6. The van der Waals surface area contributed by atoms with Gasteiger partial charge in [0, 0.05) is 24.5 Å². The lowest BCUT2D eigenvalue weighted by atomic mass is 10.0. The molecule has 0 unspecified atom stereocenters. The van der Waals surface area contributed by atoms with Crippen LogP contribution in [-0.2, 0) is 0 Å². The number of benzene rings is 2. The number of hydrogen-bond donors (Lipinski definition) is 0. The van der Waals surface area contributed by atoms with Gasteiger partial charge in [0.15, 0.2) is 0 Å². The fourth-order valence-corrected chi connectivity index (χ4v) is 4.51. The molecule has 1 saturated heterocycles. The summed E-state index contributed by atoms with van der Waals surface area (Å²) >= 11 is 0. The van der Waals surface area contributed by atoms with Gasteiger partial charge in [-0.2, -0.15) is 0 Å². The Morgan fingerprint density at radius 1 is 0.968 bits per heavy atom. The molecule has 31 heavy (non-hydrogen) atoms. The lowest BCUT2D eigenvalue weighted by Gasteiger charge is -2.34. The molecule has 0 spiro atoms. The van der Waals surface area contributed by atoms with Crippen molar-refractivity contribution in [1.29, 1.82) is 0 Å². The zero-order chi connectivity index (χ0) is 21.5. The van der Waals surface area contributed by atoms with Gasteiger partial charge in [-0.25, -0.2) is 15.0 Å². The zero-order valence-electron chi connectivity index (χ0n) is 18.0. The quantitative estimate of drug-likeness (QED) is 0.507. The first kappa shape index (κ1) is 19.5. The van der Waals surface area contributed by atoms with Crippen molar-refractivity contribution in [2.45, 2.75) is 32.7 Å². The molecule has 7 heteroatoms. The number of aryl methyl sites for hydroxylation is 2. The summed E-state index contributed by atoms with van der Waals surface area (Å²) in [6.07, 6.45) is 5.03. The summed E-state index contributed by atoms with van der Waals surface area (Å²) in [5.74, 6) is 1.75. The van der Waals surface area contributed by atoms with Gasteiger partial charge in [-0.1, -0.05) is 11.6 Å². The maximum Gasteiger partial charge on any atom is 0.261 e. The van der Waals surface area contributed by atoms with Crippen LogP contribution in [0.25, 0.3) is 21.8 Å². The molecular weight excluding hydrogens is 390 g/mol. The van der Waals surface area contributed by atoms with Crippen molar-refractivity contribution in [3.63, 3.8) is 0 Å². The van der Waals surface area contributed by atoms with E-state index in [1.54, 1.807) is 19.8 Å². The molecule has 2 aromatic heterocycles. The molecule has 1 aliphatic heterocycles. The van der Waals surface area contributed by atoms with Gasteiger partial charge in [-0.15, -0.1) is 0 Å². The van der Waals surface area contributed by atoms with E-state index < -0.39 is 0 Å². The summed E-state index contributed by atoms with van der Waals surface area (Å²) in [4.78, 5) is 28.9. The predicted octanol–water partition coefficient (Wildman–Crippen LogP) is 3.81. The predicted molar refractivity (Wildman–Crippen MR) is 122 cm³/mol. The van der Waals surface area contributed by atoms with E-state index >= 15 is 0 Å². The lowest BCUT2D eigenvalue weighted by Crippen LogP contribution is -2.38. The molecule has 158 valence electrons. The lowest BCUT2D eigenvalue weighted by molar-refractivity contribution is 0.385. The molecule has 1 aliphatic rings. The number of aromatic nitrogens is 4. The molecular formula is C24H25N5O2. The van der Waals surface area contributed by atoms with E-state index in [2.05, 4.69) is 19.9 Å². The van der Waals surface area contributed by atoms with Gasteiger partial charge in [-0.05, 0) is 56.5 Å². The molecule has 0 atom stereocenters. The summed E-state index contributed by atoms with van der Waals surface area (Å²) in [6.45, 7) is 5.64. The topological polar surface area (TPSA) is 73.1 Å². The van der Waals surface area contributed by atoms with Crippen LogP contribution in [-0.4, -0.2) is 39.7 Å². The second kappa shape index (κ2) is 7.65. The number of fused-ring (bicyclic) bond motifs is 2. The van der Waals surface area contributed by atoms with Crippen LogP contribution in [0.15, 0.2) is 47.8 Å². The molecule has 0 radical (unpaired) electrons. The van der Waals surface area contributed by atoms with Crippen molar-refractivity contribution in [2.75, 3.05) is 25.1 Å². The molecule has 4 aromatic rings. The van der Waals surface area contributed by atoms with Crippen LogP contribution >= 0.6 is 0 Å². The average molecular weight is 415 g/mol. The molecule has 0 N–H and O–H groups in total. The van der Waals surface area contributed by atoms with Gasteiger partial charge in [0.1, 0.15) is 17.9 Å². The molecule has 3 heterocycles. The number of rotatable bonds is 3. The highest BCUT2D eigenvalue weighted by atomic mass is 16.5. The minimum absolute atomic E-state index is 0.0415. The van der Waals surface area contributed by atoms with Crippen LogP contribution < -0.4 is 15.2 Å². The minimum atomic E-state index is 0.0415. The van der Waals surface area contributed by atoms with Crippen molar-refractivity contribution in [3.8, 4) is 5.75 Å². The first-order valence-electron chi connectivity index (χ1n) is 10.6. The van der Waals surface area contributed by atoms with E-state index in [1.807, 2.05) is 48.7 Å². The Bertz CT molecular complexity index is 1340. The Hall–Kier alpha value is -3.48. The number of piperidine rings is 1. The van der Waals surface area contributed by atoms with E-state index in [0.717, 1.165) is 65.0 Å². The molecule has 7 nitrogen and oxygen atoms in total. The second-order valence-electron chi connectivity index (χ2n) is 8.23. The first-order chi connectivity index (χ1) is 15.0. The molecule has 0 bridgehead atoms. The first-order valence-corrected chi connectivity index (χ1v) is 10.6. The van der Waals surface area contributed by atoms with Gasteiger partial charge in [0.25, 0.3) is 5.56 Å².